The highest BCUT2D eigenvalue weighted by atomic mass is 16.5. The summed E-state index contributed by atoms with van der Waals surface area (Å²) >= 11 is 0. The van der Waals surface area contributed by atoms with E-state index >= 15 is 0 Å². The fourth-order valence-electron chi connectivity index (χ4n) is 2.15. The lowest BCUT2D eigenvalue weighted by Crippen LogP contribution is -2.37. The molecule has 0 heterocycles. The predicted octanol–water partition coefficient (Wildman–Crippen LogP) is 2.38. The topological polar surface area (TPSA) is 99.4 Å². The molecule has 0 saturated heterocycles. The lowest BCUT2D eigenvalue weighted by Gasteiger charge is -2.14. The van der Waals surface area contributed by atoms with E-state index in [2.05, 4.69) is 5.32 Å². The number of carbonyl (C=O) groups excluding carboxylic acids is 1. The minimum Gasteiger partial charge on any atom is -0.481 e. The van der Waals surface area contributed by atoms with Crippen LogP contribution in [0.5, 0.6) is 5.75 Å². The number of carboxylic acids is 1. The minimum absolute atomic E-state index is 0.234. The molecule has 0 radical (unpaired) electrons. The Morgan fingerprint density at radius 2 is 1.80 bits per heavy atom. The number of carboxylic acid groups (broad SMARTS) is 1. The Bertz CT molecular complexity index is 777. The molecule has 25 heavy (non-hydrogen) atoms. The second-order valence-electron chi connectivity index (χ2n) is 5.44. The van der Waals surface area contributed by atoms with Crippen molar-refractivity contribution in [2.24, 2.45) is 0 Å². The average molecular weight is 338 g/mol. The second kappa shape index (κ2) is 8.50. The van der Waals surface area contributed by atoms with Crippen molar-refractivity contribution in [3.63, 3.8) is 0 Å². The molecular weight excluding hydrogens is 320 g/mol. The molecule has 2 aromatic rings. The van der Waals surface area contributed by atoms with Crippen LogP contribution < -0.4 is 10.1 Å². The molecule has 0 spiro atoms. The number of amides is 1. The molecule has 1 amide bonds. The summed E-state index contributed by atoms with van der Waals surface area (Å²) in [7, 11) is 0. The molecule has 128 valence electrons. The number of rotatable bonds is 7. The number of carbonyl (C=O) groups is 2. The number of benzene rings is 2. The minimum atomic E-state index is -0.964. The van der Waals surface area contributed by atoms with Crippen LogP contribution in [0.15, 0.2) is 48.5 Å². The van der Waals surface area contributed by atoms with Crippen LogP contribution in [0.3, 0.4) is 0 Å². The fraction of sp³-hybridized carbons (Fsp3) is 0.211. The van der Waals surface area contributed by atoms with E-state index in [1.807, 2.05) is 6.07 Å². The summed E-state index contributed by atoms with van der Waals surface area (Å²) in [5.74, 6) is -0.689. The van der Waals surface area contributed by atoms with Crippen molar-refractivity contribution in [3.05, 3.63) is 65.2 Å². The van der Waals surface area contributed by atoms with Crippen LogP contribution in [-0.2, 0) is 11.2 Å². The lowest BCUT2D eigenvalue weighted by atomic mass is 10.1. The Labute approximate surface area is 145 Å². The van der Waals surface area contributed by atoms with E-state index in [4.69, 9.17) is 15.1 Å². The van der Waals surface area contributed by atoms with Crippen molar-refractivity contribution >= 4 is 11.9 Å². The van der Waals surface area contributed by atoms with Crippen molar-refractivity contribution in [3.8, 4) is 11.8 Å². The first-order valence-corrected chi connectivity index (χ1v) is 7.76. The van der Waals surface area contributed by atoms with Gasteiger partial charge in [-0.05, 0) is 55.3 Å². The lowest BCUT2D eigenvalue weighted by molar-refractivity contribution is -0.127. The van der Waals surface area contributed by atoms with Crippen molar-refractivity contribution < 1.29 is 19.4 Å². The maximum Gasteiger partial charge on any atom is 0.335 e. The van der Waals surface area contributed by atoms with E-state index in [0.29, 0.717) is 24.3 Å². The highest BCUT2D eigenvalue weighted by molar-refractivity contribution is 5.87. The Kier molecular flexibility index (Phi) is 6.13. The van der Waals surface area contributed by atoms with Crippen molar-refractivity contribution in [1.82, 2.24) is 5.32 Å². The Hall–Kier alpha value is -3.33. The largest absolute Gasteiger partial charge is 0.481 e. The number of nitrogens with zero attached hydrogens (tertiary/aromatic N) is 1. The van der Waals surface area contributed by atoms with Crippen LogP contribution in [0.1, 0.15) is 28.4 Å². The van der Waals surface area contributed by atoms with Crippen LogP contribution in [0.4, 0.5) is 0 Å². The quantitative estimate of drug-likeness (QED) is 0.807. The van der Waals surface area contributed by atoms with Gasteiger partial charge in [0.25, 0.3) is 5.91 Å². The maximum atomic E-state index is 12.0. The molecule has 0 aliphatic carbocycles. The fourth-order valence-corrected chi connectivity index (χ4v) is 2.15. The summed E-state index contributed by atoms with van der Waals surface area (Å²) in [6.45, 7) is 2.07. The Morgan fingerprint density at radius 1 is 1.16 bits per heavy atom. The number of aromatic carboxylic acids is 1. The van der Waals surface area contributed by atoms with E-state index in [1.54, 1.807) is 43.3 Å². The Morgan fingerprint density at radius 3 is 2.36 bits per heavy atom. The average Bonchev–Trinajstić information content (AvgIpc) is 2.62. The van der Waals surface area contributed by atoms with Crippen LogP contribution in [0.2, 0.25) is 0 Å². The summed E-state index contributed by atoms with van der Waals surface area (Å²) in [6.07, 6.45) is -0.0720. The van der Waals surface area contributed by atoms with Gasteiger partial charge in [-0.2, -0.15) is 5.26 Å². The molecule has 6 heteroatoms. The van der Waals surface area contributed by atoms with E-state index < -0.39 is 12.1 Å². The van der Waals surface area contributed by atoms with Crippen LogP contribution in [0.25, 0.3) is 0 Å². The third-order valence-electron chi connectivity index (χ3n) is 3.58. The normalized spacial score (nSPS) is 11.2. The van der Waals surface area contributed by atoms with Crippen LogP contribution >= 0.6 is 0 Å². The standard InChI is InChI=1S/C19H18N2O4/c1-13(25-17-8-4-15(12-20)5-9-17)18(22)21-11-10-14-2-6-16(7-3-14)19(23)24/h2-9,13H,10-11H2,1H3,(H,21,22)(H,23,24). The molecule has 1 atom stereocenters. The van der Waals surface area contributed by atoms with Gasteiger partial charge in [-0.3, -0.25) is 4.79 Å². The highest BCUT2D eigenvalue weighted by Crippen LogP contribution is 2.13. The molecule has 2 rings (SSSR count). The summed E-state index contributed by atoms with van der Waals surface area (Å²) in [4.78, 5) is 22.8. The Balaban J connectivity index is 1.78. The number of hydrogen-bond donors (Lipinski definition) is 2. The van der Waals surface area contributed by atoms with E-state index in [-0.39, 0.29) is 11.5 Å². The highest BCUT2D eigenvalue weighted by Gasteiger charge is 2.14. The second-order valence-corrected chi connectivity index (χ2v) is 5.44. The van der Waals surface area contributed by atoms with Gasteiger partial charge in [0.2, 0.25) is 0 Å². The summed E-state index contributed by atoms with van der Waals surface area (Å²) in [6, 6.07) is 15.1. The zero-order chi connectivity index (χ0) is 18.2. The van der Waals surface area contributed by atoms with Gasteiger partial charge in [0.05, 0.1) is 17.2 Å². The van der Waals surface area contributed by atoms with Gasteiger partial charge in [-0.15, -0.1) is 0 Å². The summed E-state index contributed by atoms with van der Waals surface area (Å²) in [5, 5.41) is 20.4. The molecule has 0 saturated carbocycles. The maximum absolute atomic E-state index is 12.0. The van der Waals surface area contributed by atoms with E-state index in [0.717, 1.165) is 5.56 Å². The molecule has 0 bridgehead atoms. The molecule has 2 N–H and O–H groups in total. The summed E-state index contributed by atoms with van der Waals surface area (Å²) in [5.41, 5.74) is 1.70. The molecule has 0 aromatic heterocycles. The SMILES string of the molecule is CC(Oc1ccc(C#N)cc1)C(=O)NCCc1ccc(C(=O)O)cc1. The molecule has 1 unspecified atom stereocenters. The number of nitriles is 1. The van der Waals surface area contributed by atoms with E-state index in [9.17, 15) is 9.59 Å². The predicted molar refractivity (Wildman–Crippen MR) is 91.4 cm³/mol. The van der Waals surface area contributed by atoms with Gasteiger partial charge >= 0.3 is 5.97 Å². The van der Waals surface area contributed by atoms with Gasteiger partial charge in [0.1, 0.15) is 5.75 Å². The zero-order valence-electron chi connectivity index (χ0n) is 13.7. The van der Waals surface area contributed by atoms with Gasteiger partial charge in [0, 0.05) is 6.54 Å². The van der Waals surface area contributed by atoms with Crippen molar-refractivity contribution in [2.45, 2.75) is 19.4 Å². The first-order chi connectivity index (χ1) is 12.0. The van der Waals surface area contributed by atoms with Gasteiger partial charge < -0.3 is 15.2 Å². The monoisotopic (exact) mass is 338 g/mol. The number of hydrogen-bond acceptors (Lipinski definition) is 4. The third-order valence-corrected chi connectivity index (χ3v) is 3.58. The molecule has 2 aromatic carbocycles. The molecule has 0 aliphatic rings. The van der Waals surface area contributed by atoms with Crippen molar-refractivity contribution in [2.75, 3.05) is 6.54 Å². The molecule has 6 nitrogen and oxygen atoms in total. The smallest absolute Gasteiger partial charge is 0.335 e. The van der Waals surface area contributed by atoms with Gasteiger partial charge in [0.15, 0.2) is 6.10 Å². The molecular formula is C19H18N2O4. The van der Waals surface area contributed by atoms with Gasteiger partial charge in [-0.1, -0.05) is 12.1 Å². The molecule has 0 fully saturated rings. The zero-order valence-corrected chi connectivity index (χ0v) is 13.7. The third kappa shape index (κ3) is 5.36. The van der Waals surface area contributed by atoms with Crippen LogP contribution in [0, 0.1) is 11.3 Å². The number of nitrogens with one attached hydrogen (secondary N) is 1. The first-order valence-electron chi connectivity index (χ1n) is 7.76. The van der Waals surface area contributed by atoms with Crippen LogP contribution in [-0.4, -0.2) is 29.6 Å². The molecule has 0 aliphatic heterocycles. The van der Waals surface area contributed by atoms with E-state index in [1.165, 1.54) is 12.1 Å². The summed E-state index contributed by atoms with van der Waals surface area (Å²) < 4.78 is 5.53. The van der Waals surface area contributed by atoms with Gasteiger partial charge in [-0.25, -0.2) is 4.79 Å². The first kappa shape index (κ1) is 18.0. The van der Waals surface area contributed by atoms with Crippen molar-refractivity contribution in [1.29, 1.82) is 5.26 Å². The number of ether oxygens (including phenoxy) is 1.